The summed E-state index contributed by atoms with van der Waals surface area (Å²) in [6, 6.07) is 20.3. The number of carbonyl (C=O) groups is 1. The highest BCUT2D eigenvalue weighted by Crippen LogP contribution is 2.22. The van der Waals surface area contributed by atoms with E-state index in [1.165, 1.54) is 11.6 Å². The lowest BCUT2D eigenvalue weighted by Gasteiger charge is -2.13. The highest BCUT2D eigenvalue weighted by Gasteiger charge is 2.19. The molecule has 0 fully saturated rings. The molecule has 5 nitrogen and oxygen atoms in total. The molecule has 0 unspecified atom stereocenters. The van der Waals surface area contributed by atoms with E-state index in [0.29, 0.717) is 23.4 Å². The topological polar surface area (TPSA) is 75.3 Å². The summed E-state index contributed by atoms with van der Waals surface area (Å²) < 4.78 is 28.6. The van der Waals surface area contributed by atoms with Crippen molar-refractivity contribution in [2.24, 2.45) is 0 Å². The number of aryl methyl sites for hydroxylation is 3. The van der Waals surface area contributed by atoms with Crippen LogP contribution in [0.4, 0.5) is 5.69 Å². The Kier molecular flexibility index (Phi) is 7.99. The van der Waals surface area contributed by atoms with E-state index in [9.17, 15) is 13.2 Å². The summed E-state index contributed by atoms with van der Waals surface area (Å²) in [5, 5.41) is 2.87. The fourth-order valence-electron chi connectivity index (χ4n) is 3.15. The van der Waals surface area contributed by atoms with E-state index < -0.39 is 10.0 Å². The van der Waals surface area contributed by atoms with Crippen molar-refractivity contribution >= 4 is 33.4 Å². The standard InChI is InChI=1S/C25H28N2O3S2/c1-18-10-12-23(15-20(18)3)27-32(29,30)24-16-22(11-9-19(24)2)25(28)26-13-14-31-17-21-7-5-4-6-8-21/h4-12,15-16,27H,13-14,17H2,1-3H3,(H,26,28). The van der Waals surface area contributed by atoms with Crippen molar-refractivity contribution in [1.82, 2.24) is 5.32 Å². The zero-order valence-electron chi connectivity index (χ0n) is 18.5. The first-order valence-corrected chi connectivity index (χ1v) is 13.0. The van der Waals surface area contributed by atoms with Crippen LogP contribution in [0.5, 0.6) is 0 Å². The third kappa shape index (κ3) is 6.37. The maximum atomic E-state index is 13.0. The second kappa shape index (κ2) is 10.7. The van der Waals surface area contributed by atoms with E-state index in [0.717, 1.165) is 22.6 Å². The summed E-state index contributed by atoms with van der Waals surface area (Å²) in [7, 11) is -3.82. The minimum absolute atomic E-state index is 0.0989. The smallest absolute Gasteiger partial charge is 0.262 e. The van der Waals surface area contributed by atoms with Crippen LogP contribution < -0.4 is 10.0 Å². The van der Waals surface area contributed by atoms with Gasteiger partial charge in [0.2, 0.25) is 0 Å². The first-order valence-electron chi connectivity index (χ1n) is 10.4. The van der Waals surface area contributed by atoms with Crippen LogP contribution in [0.15, 0.2) is 71.6 Å². The molecular weight excluding hydrogens is 440 g/mol. The minimum Gasteiger partial charge on any atom is -0.351 e. The molecule has 3 aromatic carbocycles. The number of anilines is 1. The maximum absolute atomic E-state index is 13.0. The average molecular weight is 469 g/mol. The Bertz CT molecular complexity index is 1190. The van der Waals surface area contributed by atoms with E-state index in [1.807, 2.05) is 38.1 Å². The van der Waals surface area contributed by atoms with E-state index in [1.54, 1.807) is 43.0 Å². The largest absolute Gasteiger partial charge is 0.351 e. The number of sulfonamides is 1. The lowest BCUT2D eigenvalue weighted by molar-refractivity contribution is 0.0956. The molecule has 3 rings (SSSR count). The molecule has 0 saturated heterocycles. The van der Waals surface area contributed by atoms with E-state index in [4.69, 9.17) is 0 Å². The van der Waals surface area contributed by atoms with Gasteiger partial charge in [-0.2, -0.15) is 11.8 Å². The number of thioether (sulfide) groups is 1. The number of hydrogen-bond acceptors (Lipinski definition) is 4. The molecule has 0 heterocycles. The molecule has 1 amide bonds. The molecule has 32 heavy (non-hydrogen) atoms. The second-order valence-electron chi connectivity index (χ2n) is 7.68. The van der Waals surface area contributed by atoms with Crippen LogP contribution in [0.1, 0.15) is 32.6 Å². The average Bonchev–Trinajstić information content (AvgIpc) is 2.76. The number of carbonyl (C=O) groups excluding carboxylic acids is 1. The Morgan fingerprint density at radius 1 is 0.875 bits per heavy atom. The third-order valence-electron chi connectivity index (χ3n) is 5.14. The third-order valence-corrected chi connectivity index (χ3v) is 7.70. The quantitative estimate of drug-likeness (QED) is 0.430. The van der Waals surface area contributed by atoms with Crippen molar-refractivity contribution in [2.45, 2.75) is 31.4 Å². The number of hydrogen-bond donors (Lipinski definition) is 2. The first-order chi connectivity index (χ1) is 15.3. The molecule has 3 aromatic rings. The van der Waals surface area contributed by atoms with Gasteiger partial charge in [0.25, 0.3) is 15.9 Å². The number of rotatable bonds is 9. The Hall–Kier alpha value is -2.77. The summed E-state index contributed by atoms with van der Waals surface area (Å²) in [6.07, 6.45) is 0. The van der Waals surface area contributed by atoms with Gasteiger partial charge < -0.3 is 5.32 Å². The molecule has 0 radical (unpaired) electrons. The van der Waals surface area contributed by atoms with Crippen molar-refractivity contribution in [1.29, 1.82) is 0 Å². The molecule has 0 saturated carbocycles. The monoisotopic (exact) mass is 468 g/mol. The molecule has 0 aliphatic rings. The first kappa shape index (κ1) is 23.9. The molecule has 0 aromatic heterocycles. The van der Waals surface area contributed by atoms with Gasteiger partial charge in [-0.3, -0.25) is 9.52 Å². The zero-order chi connectivity index (χ0) is 23.1. The van der Waals surface area contributed by atoms with Crippen LogP contribution in [-0.4, -0.2) is 26.6 Å². The summed E-state index contributed by atoms with van der Waals surface area (Å²) in [5.41, 5.74) is 4.73. The molecule has 168 valence electrons. The van der Waals surface area contributed by atoms with E-state index in [2.05, 4.69) is 22.2 Å². The Balaban J connectivity index is 1.62. The SMILES string of the molecule is Cc1ccc(NS(=O)(=O)c2cc(C(=O)NCCSCc3ccccc3)ccc2C)cc1C. The Labute approximate surface area is 194 Å². The van der Waals surface area contributed by atoms with Gasteiger partial charge in [0.05, 0.1) is 4.90 Å². The van der Waals surface area contributed by atoms with Gasteiger partial charge in [0.1, 0.15) is 0 Å². The van der Waals surface area contributed by atoms with Crippen molar-refractivity contribution < 1.29 is 13.2 Å². The summed E-state index contributed by atoms with van der Waals surface area (Å²) >= 11 is 1.74. The molecule has 7 heteroatoms. The lowest BCUT2D eigenvalue weighted by Crippen LogP contribution is -2.26. The normalized spacial score (nSPS) is 11.2. The van der Waals surface area contributed by atoms with Crippen LogP contribution >= 0.6 is 11.8 Å². The van der Waals surface area contributed by atoms with Gasteiger partial charge in [-0.25, -0.2) is 8.42 Å². The zero-order valence-corrected chi connectivity index (χ0v) is 20.1. The summed E-state index contributed by atoms with van der Waals surface area (Å²) in [5.74, 6) is 1.37. The van der Waals surface area contributed by atoms with Gasteiger partial charge in [0.15, 0.2) is 0 Å². The molecule has 2 N–H and O–H groups in total. The number of benzene rings is 3. The molecule has 0 atom stereocenters. The molecule has 0 aliphatic heterocycles. The Morgan fingerprint density at radius 2 is 1.59 bits per heavy atom. The van der Waals surface area contributed by atoms with Crippen molar-refractivity contribution in [3.05, 3.63) is 94.5 Å². The van der Waals surface area contributed by atoms with Gasteiger partial charge in [-0.15, -0.1) is 0 Å². The van der Waals surface area contributed by atoms with Crippen LogP contribution in [0.3, 0.4) is 0 Å². The van der Waals surface area contributed by atoms with Gasteiger partial charge >= 0.3 is 0 Å². The van der Waals surface area contributed by atoms with E-state index in [-0.39, 0.29) is 10.8 Å². The van der Waals surface area contributed by atoms with Gasteiger partial charge in [-0.05, 0) is 67.3 Å². The molecule has 0 spiro atoms. The van der Waals surface area contributed by atoms with Gasteiger partial charge in [0, 0.05) is 29.3 Å². The summed E-state index contributed by atoms with van der Waals surface area (Å²) in [4.78, 5) is 12.7. The van der Waals surface area contributed by atoms with Crippen LogP contribution in [0, 0.1) is 20.8 Å². The fraction of sp³-hybridized carbons (Fsp3) is 0.240. The second-order valence-corrected chi connectivity index (χ2v) is 10.4. The predicted molar refractivity (Wildman–Crippen MR) is 133 cm³/mol. The van der Waals surface area contributed by atoms with Crippen molar-refractivity contribution in [2.75, 3.05) is 17.0 Å². The molecule has 0 aliphatic carbocycles. The summed E-state index contributed by atoms with van der Waals surface area (Å²) in [6.45, 7) is 6.13. The van der Waals surface area contributed by atoms with Crippen LogP contribution in [0.2, 0.25) is 0 Å². The minimum atomic E-state index is -3.82. The number of nitrogens with one attached hydrogen (secondary N) is 2. The predicted octanol–water partition coefficient (Wildman–Crippen LogP) is 5.08. The molecule has 0 bridgehead atoms. The lowest BCUT2D eigenvalue weighted by atomic mass is 10.1. The number of amides is 1. The van der Waals surface area contributed by atoms with Crippen LogP contribution in [0.25, 0.3) is 0 Å². The maximum Gasteiger partial charge on any atom is 0.262 e. The van der Waals surface area contributed by atoms with Crippen molar-refractivity contribution in [3.63, 3.8) is 0 Å². The highest BCUT2D eigenvalue weighted by atomic mass is 32.2. The van der Waals surface area contributed by atoms with Crippen LogP contribution in [-0.2, 0) is 15.8 Å². The fourth-order valence-corrected chi connectivity index (χ4v) is 5.29. The highest BCUT2D eigenvalue weighted by molar-refractivity contribution is 7.98. The molecular formula is C25H28N2O3S2. The van der Waals surface area contributed by atoms with Gasteiger partial charge in [-0.1, -0.05) is 42.5 Å². The van der Waals surface area contributed by atoms with Crippen molar-refractivity contribution in [3.8, 4) is 0 Å². The Morgan fingerprint density at radius 3 is 2.31 bits per heavy atom. The van der Waals surface area contributed by atoms with E-state index >= 15 is 0 Å².